The molecule has 1 N–H and O–H groups in total. The fourth-order valence-electron chi connectivity index (χ4n) is 3.31. The number of piperidine rings is 1. The van der Waals surface area contributed by atoms with Crippen LogP contribution in [-0.4, -0.2) is 26.8 Å². The zero-order valence-corrected chi connectivity index (χ0v) is 16.3. The summed E-state index contributed by atoms with van der Waals surface area (Å²) < 4.78 is 11.0. The topological polar surface area (TPSA) is 33.7 Å². The first-order chi connectivity index (χ1) is 12.7. The van der Waals surface area contributed by atoms with Gasteiger partial charge in [0.1, 0.15) is 0 Å². The van der Waals surface area contributed by atoms with Crippen molar-refractivity contribution >= 4 is 23.0 Å². The molecule has 1 fully saturated rings. The van der Waals surface area contributed by atoms with Crippen molar-refractivity contribution in [3.63, 3.8) is 0 Å². The van der Waals surface area contributed by atoms with Gasteiger partial charge in [0.15, 0.2) is 11.5 Å². The summed E-state index contributed by atoms with van der Waals surface area (Å²) in [4.78, 5) is 2.38. The molecule has 1 heterocycles. The fourth-order valence-corrected chi connectivity index (χ4v) is 3.61. The molecule has 140 valence electrons. The first kappa shape index (κ1) is 18.7. The van der Waals surface area contributed by atoms with Gasteiger partial charge in [0.25, 0.3) is 0 Å². The molecule has 2 aromatic rings. The van der Waals surface area contributed by atoms with Crippen LogP contribution in [0.25, 0.3) is 0 Å². The van der Waals surface area contributed by atoms with Crippen LogP contribution in [0.15, 0.2) is 36.4 Å². The van der Waals surface area contributed by atoms with Gasteiger partial charge in [-0.1, -0.05) is 17.7 Å². The summed E-state index contributed by atoms with van der Waals surface area (Å²) in [6.45, 7) is 5.47. The van der Waals surface area contributed by atoms with Crippen molar-refractivity contribution in [3.8, 4) is 11.5 Å². The molecule has 1 aliphatic heterocycles. The van der Waals surface area contributed by atoms with Crippen molar-refractivity contribution < 1.29 is 9.47 Å². The lowest BCUT2D eigenvalue weighted by Crippen LogP contribution is -2.29. The van der Waals surface area contributed by atoms with E-state index in [1.54, 1.807) is 7.11 Å². The number of halogens is 1. The average Bonchev–Trinajstić information content (AvgIpc) is 2.68. The van der Waals surface area contributed by atoms with Crippen LogP contribution >= 0.6 is 11.6 Å². The van der Waals surface area contributed by atoms with Crippen molar-refractivity contribution in [1.29, 1.82) is 0 Å². The first-order valence-corrected chi connectivity index (χ1v) is 9.67. The lowest BCUT2D eigenvalue weighted by Gasteiger charge is -2.29. The smallest absolute Gasteiger partial charge is 0.161 e. The molecule has 0 bridgehead atoms. The Morgan fingerprint density at radius 1 is 1.04 bits per heavy atom. The van der Waals surface area contributed by atoms with Crippen molar-refractivity contribution in [3.05, 3.63) is 47.0 Å². The molecule has 1 aliphatic rings. The Labute approximate surface area is 161 Å². The van der Waals surface area contributed by atoms with Gasteiger partial charge in [0.2, 0.25) is 0 Å². The van der Waals surface area contributed by atoms with Gasteiger partial charge in [-0.05, 0) is 62.1 Å². The minimum atomic E-state index is 0.621. The minimum absolute atomic E-state index is 0.621. The lowest BCUT2D eigenvalue weighted by atomic mass is 10.1. The van der Waals surface area contributed by atoms with Gasteiger partial charge >= 0.3 is 0 Å². The van der Waals surface area contributed by atoms with E-state index < -0.39 is 0 Å². The number of anilines is 2. The van der Waals surface area contributed by atoms with E-state index in [4.69, 9.17) is 21.1 Å². The van der Waals surface area contributed by atoms with Gasteiger partial charge in [-0.2, -0.15) is 0 Å². The summed E-state index contributed by atoms with van der Waals surface area (Å²) >= 11 is 6.53. The van der Waals surface area contributed by atoms with Gasteiger partial charge in [-0.25, -0.2) is 0 Å². The van der Waals surface area contributed by atoms with E-state index in [-0.39, 0.29) is 0 Å². The number of ether oxygens (including phenoxy) is 2. The van der Waals surface area contributed by atoms with E-state index in [2.05, 4.69) is 22.3 Å². The van der Waals surface area contributed by atoms with Crippen LogP contribution < -0.4 is 19.7 Å². The SMILES string of the molecule is CCOc1ccc(CNc2ccc(N3CCCCC3)c(Cl)c2)cc1OC. The Morgan fingerprint density at radius 3 is 2.54 bits per heavy atom. The van der Waals surface area contributed by atoms with E-state index >= 15 is 0 Å². The second kappa shape index (κ2) is 9.04. The summed E-state index contributed by atoms with van der Waals surface area (Å²) in [6, 6.07) is 12.2. The Morgan fingerprint density at radius 2 is 1.85 bits per heavy atom. The van der Waals surface area contributed by atoms with E-state index in [0.29, 0.717) is 13.2 Å². The fraction of sp³-hybridized carbons (Fsp3) is 0.429. The standard InChI is InChI=1S/C21H27ClN2O2/c1-3-26-20-10-7-16(13-21(20)25-2)15-23-17-8-9-19(18(22)14-17)24-11-5-4-6-12-24/h7-10,13-14,23H,3-6,11-12,15H2,1-2H3. The second-order valence-corrected chi connectivity index (χ2v) is 6.89. The molecule has 2 aromatic carbocycles. The maximum absolute atomic E-state index is 6.53. The predicted molar refractivity (Wildman–Crippen MR) is 109 cm³/mol. The highest BCUT2D eigenvalue weighted by Crippen LogP contribution is 2.32. The number of nitrogens with zero attached hydrogens (tertiary/aromatic N) is 1. The van der Waals surface area contributed by atoms with Crippen molar-refractivity contribution in [1.82, 2.24) is 0 Å². The quantitative estimate of drug-likeness (QED) is 0.708. The number of hydrogen-bond donors (Lipinski definition) is 1. The molecule has 0 unspecified atom stereocenters. The van der Waals surface area contributed by atoms with Crippen LogP contribution in [0.5, 0.6) is 11.5 Å². The molecule has 0 spiro atoms. The molecule has 3 rings (SSSR count). The van der Waals surface area contributed by atoms with E-state index in [1.165, 1.54) is 19.3 Å². The second-order valence-electron chi connectivity index (χ2n) is 6.49. The maximum atomic E-state index is 6.53. The summed E-state index contributed by atoms with van der Waals surface area (Å²) in [5, 5.41) is 4.24. The van der Waals surface area contributed by atoms with Gasteiger partial charge in [-0.15, -0.1) is 0 Å². The van der Waals surface area contributed by atoms with Gasteiger partial charge < -0.3 is 19.7 Å². The molecule has 0 atom stereocenters. The molecule has 5 heteroatoms. The third kappa shape index (κ3) is 4.55. The summed E-state index contributed by atoms with van der Waals surface area (Å²) in [5.74, 6) is 1.53. The van der Waals surface area contributed by atoms with Gasteiger partial charge in [-0.3, -0.25) is 0 Å². The Kier molecular flexibility index (Phi) is 6.51. The largest absolute Gasteiger partial charge is 0.493 e. The molecule has 1 saturated heterocycles. The number of benzene rings is 2. The zero-order chi connectivity index (χ0) is 18.4. The third-order valence-corrected chi connectivity index (χ3v) is 4.97. The van der Waals surface area contributed by atoms with E-state index in [1.807, 2.05) is 31.2 Å². The Balaban J connectivity index is 1.65. The highest BCUT2D eigenvalue weighted by atomic mass is 35.5. The number of nitrogens with one attached hydrogen (secondary N) is 1. The highest BCUT2D eigenvalue weighted by Gasteiger charge is 2.14. The zero-order valence-electron chi connectivity index (χ0n) is 15.6. The summed E-state index contributed by atoms with van der Waals surface area (Å²) in [6.07, 6.45) is 3.81. The molecule has 0 aliphatic carbocycles. The van der Waals surface area contributed by atoms with Crippen molar-refractivity contribution in [2.24, 2.45) is 0 Å². The number of methoxy groups -OCH3 is 1. The van der Waals surface area contributed by atoms with E-state index in [0.717, 1.165) is 46.5 Å². The molecular formula is C21H27ClN2O2. The number of rotatable bonds is 7. The van der Waals surface area contributed by atoms with Gasteiger partial charge in [0, 0.05) is 25.3 Å². The van der Waals surface area contributed by atoms with Gasteiger partial charge in [0.05, 0.1) is 24.4 Å². The van der Waals surface area contributed by atoms with Crippen LogP contribution in [0, 0.1) is 0 Å². The molecule has 4 nitrogen and oxygen atoms in total. The lowest BCUT2D eigenvalue weighted by molar-refractivity contribution is 0.310. The third-order valence-electron chi connectivity index (χ3n) is 4.67. The van der Waals surface area contributed by atoms with Crippen LogP contribution in [0.4, 0.5) is 11.4 Å². The van der Waals surface area contributed by atoms with E-state index in [9.17, 15) is 0 Å². The molecule has 0 radical (unpaired) electrons. The highest BCUT2D eigenvalue weighted by molar-refractivity contribution is 6.33. The molecule has 26 heavy (non-hydrogen) atoms. The molecule has 0 aromatic heterocycles. The molecule has 0 saturated carbocycles. The maximum Gasteiger partial charge on any atom is 0.161 e. The van der Waals surface area contributed by atoms with Crippen molar-refractivity contribution in [2.45, 2.75) is 32.7 Å². The molecular weight excluding hydrogens is 348 g/mol. The average molecular weight is 375 g/mol. The van der Waals surface area contributed by atoms with Crippen LogP contribution in [0.3, 0.4) is 0 Å². The Bertz CT molecular complexity index is 730. The van der Waals surface area contributed by atoms with Crippen LogP contribution in [0.2, 0.25) is 5.02 Å². The summed E-state index contributed by atoms with van der Waals surface area (Å²) in [7, 11) is 1.66. The van der Waals surface area contributed by atoms with Crippen molar-refractivity contribution in [2.75, 3.05) is 37.0 Å². The first-order valence-electron chi connectivity index (χ1n) is 9.29. The molecule has 0 amide bonds. The normalized spacial score (nSPS) is 14.2. The Hall–Kier alpha value is -2.07. The van der Waals surface area contributed by atoms with Crippen LogP contribution in [0.1, 0.15) is 31.7 Å². The minimum Gasteiger partial charge on any atom is -0.493 e. The monoisotopic (exact) mass is 374 g/mol. The van der Waals surface area contributed by atoms with Crippen LogP contribution in [-0.2, 0) is 6.54 Å². The number of hydrogen-bond acceptors (Lipinski definition) is 4. The predicted octanol–water partition coefficient (Wildman–Crippen LogP) is 5.35. The summed E-state index contributed by atoms with van der Waals surface area (Å²) in [5.41, 5.74) is 3.28.